The minimum Gasteiger partial charge on any atom is -0.332 e. The molecule has 0 unspecified atom stereocenters. The van der Waals surface area contributed by atoms with Crippen molar-refractivity contribution in [3.8, 4) is 0 Å². The Morgan fingerprint density at radius 3 is 2.26 bits per heavy atom. The number of amides is 1. The van der Waals surface area contributed by atoms with E-state index in [4.69, 9.17) is 12.2 Å². The van der Waals surface area contributed by atoms with Crippen molar-refractivity contribution in [2.75, 3.05) is 5.32 Å². The standard InChI is InChI=1S/C15H22N2OS/c1-5-11(4)12-6-8-13(9-7-12)16-15(19)17-14(18)10(2)3/h6-11H,5H2,1-4H3,(H2,16,17,18,19)/t11-/m0/s1. The van der Waals surface area contributed by atoms with Crippen molar-refractivity contribution in [3.05, 3.63) is 29.8 Å². The minimum absolute atomic E-state index is 0.0753. The van der Waals surface area contributed by atoms with Gasteiger partial charge >= 0.3 is 0 Å². The molecule has 0 spiro atoms. The van der Waals surface area contributed by atoms with Gasteiger partial charge in [0.1, 0.15) is 0 Å². The minimum atomic E-state index is -0.0764. The molecule has 1 amide bonds. The van der Waals surface area contributed by atoms with Crippen LogP contribution in [0.15, 0.2) is 24.3 Å². The van der Waals surface area contributed by atoms with Crippen LogP contribution in [0.5, 0.6) is 0 Å². The summed E-state index contributed by atoms with van der Waals surface area (Å²) in [6.07, 6.45) is 1.12. The van der Waals surface area contributed by atoms with Crippen LogP contribution in [0.25, 0.3) is 0 Å². The summed E-state index contributed by atoms with van der Waals surface area (Å²) in [5.74, 6) is 0.405. The van der Waals surface area contributed by atoms with Crippen LogP contribution in [0.1, 0.15) is 45.6 Å². The van der Waals surface area contributed by atoms with Crippen molar-refractivity contribution in [1.82, 2.24) is 5.32 Å². The molecule has 1 aromatic rings. The normalized spacial score (nSPS) is 12.1. The summed E-state index contributed by atoms with van der Waals surface area (Å²) in [7, 11) is 0. The van der Waals surface area contributed by atoms with E-state index in [9.17, 15) is 4.79 Å². The van der Waals surface area contributed by atoms with Gasteiger partial charge in [-0.15, -0.1) is 0 Å². The summed E-state index contributed by atoms with van der Waals surface area (Å²) in [6, 6.07) is 8.14. The van der Waals surface area contributed by atoms with Gasteiger partial charge in [0.15, 0.2) is 5.11 Å². The second-order valence-electron chi connectivity index (χ2n) is 5.03. The molecule has 0 aliphatic carbocycles. The van der Waals surface area contributed by atoms with Gasteiger partial charge in [0.25, 0.3) is 0 Å². The molecular weight excluding hydrogens is 256 g/mol. The van der Waals surface area contributed by atoms with Crippen LogP contribution in [0.2, 0.25) is 0 Å². The fraction of sp³-hybridized carbons (Fsp3) is 0.467. The predicted octanol–water partition coefficient (Wildman–Crippen LogP) is 3.67. The monoisotopic (exact) mass is 278 g/mol. The number of anilines is 1. The molecule has 0 aliphatic rings. The number of thiocarbonyl (C=S) groups is 1. The second kappa shape index (κ2) is 7.24. The van der Waals surface area contributed by atoms with E-state index in [2.05, 4.69) is 36.6 Å². The first-order chi connectivity index (χ1) is 8.93. The fourth-order valence-electron chi connectivity index (χ4n) is 1.55. The molecular formula is C15H22N2OS. The molecule has 1 rings (SSSR count). The summed E-state index contributed by atoms with van der Waals surface area (Å²) in [6.45, 7) is 8.04. The maximum atomic E-state index is 11.5. The van der Waals surface area contributed by atoms with Crippen molar-refractivity contribution in [2.45, 2.75) is 40.0 Å². The number of benzene rings is 1. The quantitative estimate of drug-likeness (QED) is 0.826. The van der Waals surface area contributed by atoms with E-state index in [1.54, 1.807) is 0 Å². The van der Waals surface area contributed by atoms with Crippen molar-refractivity contribution in [2.24, 2.45) is 5.92 Å². The molecule has 0 aromatic heterocycles. The lowest BCUT2D eigenvalue weighted by molar-refractivity contribution is -0.122. The highest BCUT2D eigenvalue weighted by Crippen LogP contribution is 2.20. The average molecular weight is 278 g/mol. The van der Waals surface area contributed by atoms with E-state index in [1.165, 1.54) is 5.56 Å². The molecule has 2 N–H and O–H groups in total. The molecule has 0 bridgehead atoms. The topological polar surface area (TPSA) is 41.1 Å². The lowest BCUT2D eigenvalue weighted by atomic mass is 9.99. The van der Waals surface area contributed by atoms with Crippen LogP contribution in [0.4, 0.5) is 5.69 Å². The third kappa shape index (κ3) is 4.99. The van der Waals surface area contributed by atoms with Crippen LogP contribution in [0.3, 0.4) is 0 Å². The second-order valence-corrected chi connectivity index (χ2v) is 5.44. The van der Waals surface area contributed by atoms with Crippen LogP contribution >= 0.6 is 12.2 Å². The molecule has 104 valence electrons. The largest absolute Gasteiger partial charge is 0.332 e. The zero-order valence-corrected chi connectivity index (χ0v) is 12.8. The third-order valence-electron chi connectivity index (χ3n) is 3.11. The molecule has 4 heteroatoms. The first-order valence-corrected chi connectivity index (χ1v) is 7.06. The van der Waals surface area contributed by atoms with Crippen LogP contribution < -0.4 is 10.6 Å². The van der Waals surface area contributed by atoms with Gasteiger partial charge in [-0.1, -0.05) is 39.8 Å². The van der Waals surface area contributed by atoms with Gasteiger partial charge < -0.3 is 10.6 Å². The van der Waals surface area contributed by atoms with Gasteiger partial charge in [0.05, 0.1) is 0 Å². The van der Waals surface area contributed by atoms with E-state index in [-0.39, 0.29) is 11.8 Å². The van der Waals surface area contributed by atoms with Crippen LogP contribution in [0, 0.1) is 5.92 Å². The first-order valence-electron chi connectivity index (χ1n) is 6.65. The summed E-state index contributed by atoms with van der Waals surface area (Å²) in [4.78, 5) is 11.5. The molecule has 0 aliphatic heterocycles. The molecule has 3 nitrogen and oxygen atoms in total. The van der Waals surface area contributed by atoms with Gasteiger partial charge in [-0.05, 0) is 42.3 Å². The Balaban J connectivity index is 2.58. The van der Waals surface area contributed by atoms with Crippen LogP contribution in [-0.4, -0.2) is 11.0 Å². The molecule has 0 saturated heterocycles. The SMILES string of the molecule is CC[C@H](C)c1ccc(NC(=S)NC(=O)C(C)C)cc1. The highest BCUT2D eigenvalue weighted by molar-refractivity contribution is 7.80. The van der Waals surface area contributed by atoms with Crippen molar-refractivity contribution in [3.63, 3.8) is 0 Å². The number of carbonyl (C=O) groups excluding carboxylic acids is 1. The Bertz CT molecular complexity index is 440. The maximum Gasteiger partial charge on any atom is 0.228 e. The molecule has 0 heterocycles. The smallest absolute Gasteiger partial charge is 0.228 e. The molecule has 1 atom stereocenters. The van der Waals surface area contributed by atoms with Gasteiger partial charge in [0, 0.05) is 11.6 Å². The van der Waals surface area contributed by atoms with Gasteiger partial charge in [0.2, 0.25) is 5.91 Å². The Morgan fingerprint density at radius 1 is 1.21 bits per heavy atom. The van der Waals surface area contributed by atoms with Gasteiger partial charge in [-0.2, -0.15) is 0 Å². The van der Waals surface area contributed by atoms with Crippen molar-refractivity contribution in [1.29, 1.82) is 0 Å². The number of hydrogen-bond acceptors (Lipinski definition) is 2. The zero-order chi connectivity index (χ0) is 14.4. The molecule has 0 fully saturated rings. The van der Waals surface area contributed by atoms with E-state index in [1.807, 2.05) is 26.0 Å². The Labute approximate surface area is 120 Å². The first kappa shape index (κ1) is 15.6. The lowest BCUT2D eigenvalue weighted by Gasteiger charge is -2.13. The van der Waals surface area contributed by atoms with Crippen molar-refractivity contribution >= 4 is 28.9 Å². The Morgan fingerprint density at radius 2 is 1.79 bits per heavy atom. The predicted molar refractivity (Wildman–Crippen MR) is 84.3 cm³/mol. The number of carbonyl (C=O) groups is 1. The third-order valence-corrected chi connectivity index (χ3v) is 3.32. The van der Waals surface area contributed by atoms with E-state index < -0.39 is 0 Å². The highest BCUT2D eigenvalue weighted by Gasteiger charge is 2.09. The molecule has 0 radical (unpaired) electrons. The lowest BCUT2D eigenvalue weighted by Crippen LogP contribution is -2.36. The van der Waals surface area contributed by atoms with E-state index >= 15 is 0 Å². The number of rotatable bonds is 4. The van der Waals surface area contributed by atoms with E-state index in [0.29, 0.717) is 11.0 Å². The average Bonchev–Trinajstić information content (AvgIpc) is 2.38. The molecule has 19 heavy (non-hydrogen) atoms. The summed E-state index contributed by atoms with van der Waals surface area (Å²) >= 11 is 5.10. The Hall–Kier alpha value is -1.42. The van der Waals surface area contributed by atoms with Crippen LogP contribution in [-0.2, 0) is 4.79 Å². The highest BCUT2D eigenvalue weighted by atomic mass is 32.1. The summed E-state index contributed by atoms with van der Waals surface area (Å²) in [5.41, 5.74) is 2.20. The zero-order valence-electron chi connectivity index (χ0n) is 12.0. The fourth-order valence-corrected chi connectivity index (χ4v) is 1.77. The van der Waals surface area contributed by atoms with Gasteiger partial charge in [-0.25, -0.2) is 0 Å². The molecule has 0 saturated carbocycles. The summed E-state index contributed by atoms with van der Waals surface area (Å²) < 4.78 is 0. The Kier molecular flexibility index (Phi) is 5.96. The molecule has 1 aromatic carbocycles. The van der Waals surface area contributed by atoms with Gasteiger partial charge in [-0.3, -0.25) is 4.79 Å². The van der Waals surface area contributed by atoms with E-state index in [0.717, 1.165) is 12.1 Å². The summed E-state index contributed by atoms with van der Waals surface area (Å²) in [5, 5.41) is 6.01. The number of nitrogens with one attached hydrogen (secondary N) is 2. The maximum absolute atomic E-state index is 11.5. The van der Waals surface area contributed by atoms with Crippen molar-refractivity contribution < 1.29 is 4.79 Å². The number of hydrogen-bond donors (Lipinski definition) is 2.